The van der Waals surface area contributed by atoms with E-state index in [4.69, 9.17) is 4.42 Å². The molecule has 2 aliphatic rings. The molecule has 2 fully saturated rings. The zero-order valence-corrected chi connectivity index (χ0v) is 13.8. The zero-order chi connectivity index (χ0) is 14.9. The van der Waals surface area contributed by atoms with Crippen molar-refractivity contribution in [2.45, 2.75) is 64.0 Å². The van der Waals surface area contributed by atoms with E-state index < -0.39 is 0 Å². The highest BCUT2D eigenvalue weighted by Gasteiger charge is 2.31. The van der Waals surface area contributed by atoms with E-state index in [2.05, 4.69) is 27.0 Å². The van der Waals surface area contributed by atoms with E-state index >= 15 is 0 Å². The number of hydrogen-bond acceptors (Lipinski definition) is 6. The van der Waals surface area contributed by atoms with Crippen LogP contribution >= 0.6 is 11.3 Å². The molecule has 0 bridgehead atoms. The van der Waals surface area contributed by atoms with Crippen LogP contribution in [0.25, 0.3) is 0 Å². The third-order valence-electron chi connectivity index (χ3n) is 4.82. The highest BCUT2D eigenvalue weighted by atomic mass is 32.1. The second-order valence-electron chi connectivity index (χ2n) is 6.45. The van der Waals surface area contributed by atoms with Gasteiger partial charge >= 0.3 is 0 Å². The fraction of sp³-hybridized carbons (Fsp3) is 0.688. The lowest BCUT2D eigenvalue weighted by Gasteiger charge is -2.32. The Labute approximate surface area is 134 Å². The predicted octanol–water partition coefficient (Wildman–Crippen LogP) is 3.83. The number of hydrogen-bond donors (Lipinski definition) is 0. The first kappa shape index (κ1) is 14.3. The lowest BCUT2D eigenvalue weighted by Crippen LogP contribution is -2.33. The van der Waals surface area contributed by atoms with Gasteiger partial charge in [-0.3, -0.25) is 4.90 Å². The van der Waals surface area contributed by atoms with Crippen LogP contribution in [0.5, 0.6) is 0 Å². The third kappa shape index (κ3) is 2.82. The Balaban J connectivity index is 1.50. The molecule has 4 rings (SSSR count). The normalized spacial score (nSPS) is 23.6. The Kier molecular flexibility index (Phi) is 3.96. The maximum absolute atomic E-state index is 6.02. The summed E-state index contributed by atoms with van der Waals surface area (Å²) < 4.78 is 6.02. The van der Waals surface area contributed by atoms with Crippen molar-refractivity contribution in [3.8, 4) is 0 Å². The van der Waals surface area contributed by atoms with E-state index in [9.17, 15) is 0 Å². The average Bonchev–Trinajstić information content (AvgIpc) is 3.08. The smallest absolute Gasteiger partial charge is 0.233 e. The maximum Gasteiger partial charge on any atom is 0.233 e. The van der Waals surface area contributed by atoms with Crippen molar-refractivity contribution in [1.82, 2.24) is 20.1 Å². The summed E-state index contributed by atoms with van der Waals surface area (Å²) in [7, 11) is 0. The van der Waals surface area contributed by atoms with E-state index in [1.165, 1.54) is 42.0 Å². The molecular formula is C16H22N4OS. The van der Waals surface area contributed by atoms with Gasteiger partial charge in [-0.25, -0.2) is 4.98 Å². The minimum atomic E-state index is 0.263. The van der Waals surface area contributed by atoms with Gasteiger partial charge < -0.3 is 4.42 Å². The molecule has 5 nitrogen and oxygen atoms in total. The van der Waals surface area contributed by atoms with Crippen molar-refractivity contribution in [2.24, 2.45) is 0 Å². The molecule has 0 N–H and O–H groups in total. The molecule has 6 heteroatoms. The average molecular weight is 318 g/mol. The maximum atomic E-state index is 6.02. The second kappa shape index (κ2) is 6.08. The van der Waals surface area contributed by atoms with Gasteiger partial charge in [0.05, 0.1) is 12.6 Å². The number of piperidine rings is 1. The zero-order valence-electron chi connectivity index (χ0n) is 13.0. The first-order valence-electron chi connectivity index (χ1n) is 8.28. The first-order valence-corrected chi connectivity index (χ1v) is 9.10. The largest absolute Gasteiger partial charge is 0.423 e. The number of thiazole rings is 1. The number of rotatable bonds is 4. The van der Waals surface area contributed by atoms with Gasteiger partial charge in [-0.2, -0.15) is 0 Å². The van der Waals surface area contributed by atoms with E-state index in [1.54, 1.807) is 11.3 Å². The van der Waals surface area contributed by atoms with Crippen LogP contribution < -0.4 is 0 Å². The van der Waals surface area contributed by atoms with E-state index in [0.29, 0.717) is 5.92 Å². The van der Waals surface area contributed by atoms with Crippen molar-refractivity contribution in [2.75, 3.05) is 6.54 Å². The monoisotopic (exact) mass is 318 g/mol. The summed E-state index contributed by atoms with van der Waals surface area (Å²) in [5.74, 6) is 2.19. The van der Waals surface area contributed by atoms with Crippen LogP contribution in [0, 0.1) is 6.92 Å². The molecule has 3 heterocycles. The Morgan fingerprint density at radius 2 is 2.05 bits per heavy atom. The molecule has 0 spiro atoms. The van der Waals surface area contributed by atoms with Crippen LogP contribution in [-0.2, 0) is 6.54 Å². The van der Waals surface area contributed by atoms with Gasteiger partial charge in [-0.05, 0) is 39.2 Å². The quantitative estimate of drug-likeness (QED) is 0.857. The highest BCUT2D eigenvalue weighted by Crippen LogP contribution is 2.38. The molecule has 1 atom stereocenters. The molecule has 1 aliphatic carbocycles. The fourth-order valence-corrected chi connectivity index (χ4v) is 4.12. The van der Waals surface area contributed by atoms with Gasteiger partial charge in [0.15, 0.2) is 0 Å². The van der Waals surface area contributed by atoms with Gasteiger partial charge in [-0.1, -0.05) is 12.8 Å². The van der Waals surface area contributed by atoms with Gasteiger partial charge in [0.25, 0.3) is 0 Å². The number of likely N-dealkylation sites (tertiary alicyclic amines) is 1. The second-order valence-corrected chi connectivity index (χ2v) is 7.77. The number of aryl methyl sites for hydroxylation is 1. The standard InChI is InChI=1S/C16H22N4OS/c1-11-9-17-14(22-11)10-20-8-3-2-7-13(20)16-19-18-15(21-16)12-5-4-6-12/h9,12-13H,2-8,10H2,1H3. The molecule has 0 radical (unpaired) electrons. The van der Waals surface area contributed by atoms with Gasteiger partial charge in [0, 0.05) is 17.0 Å². The van der Waals surface area contributed by atoms with Crippen LogP contribution in [0.2, 0.25) is 0 Å². The van der Waals surface area contributed by atoms with Crippen LogP contribution in [0.1, 0.15) is 72.2 Å². The minimum absolute atomic E-state index is 0.263. The van der Waals surface area contributed by atoms with Crippen molar-refractivity contribution in [3.05, 3.63) is 27.9 Å². The van der Waals surface area contributed by atoms with E-state index in [1.807, 2.05) is 6.20 Å². The van der Waals surface area contributed by atoms with Crippen molar-refractivity contribution >= 4 is 11.3 Å². The molecule has 0 aromatic carbocycles. The molecule has 22 heavy (non-hydrogen) atoms. The van der Waals surface area contributed by atoms with Crippen molar-refractivity contribution in [1.29, 1.82) is 0 Å². The molecule has 118 valence electrons. The SMILES string of the molecule is Cc1cnc(CN2CCCCC2c2nnc(C3CCC3)o2)s1. The molecule has 1 aliphatic heterocycles. The summed E-state index contributed by atoms with van der Waals surface area (Å²) in [5, 5.41) is 9.85. The minimum Gasteiger partial charge on any atom is -0.423 e. The van der Waals surface area contributed by atoms with E-state index in [0.717, 1.165) is 31.3 Å². The summed E-state index contributed by atoms with van der Waals surface area (Å²) in [4.78, 5) is 8.23. The molecule has 2 aromatic heterocycles. The summed E-state index contributed by atoms with van der Waals surface area (Å²) in [5.41, 5.74) is 0. The summed E-state index contributed by atoms with van der Waals surface area (Å²) in [6.07, 6.45) is 9.24. The highest BCUT2D eigenvalue weighted by molar-refractivity contribution is 7.11. The van der Waals surface area contributed by atoms with Crippen LogP contribution in [0.4, 0.5) is 0 Å². The molecule has 0 amide bonds. The van der Waals surface area contributed by atoms with Crippen molar-refractivity contribution < 1.29 is 4.42 Å². The first-order chi connectivity index (χ1) is 10.8. The third-order valence-corrected chi connectivity index (χ3v) is 5.71. The molecule has 1 unspecified atom stereocenters. The van der Waals surface area contributed by atoms with E-state index in [-0.39, 0.29) is 6.04 Å². The summed E-state index contributed by atoms with van der Waals surface area (Å²) in [6.45, 7) is 4.09. The fourth-order valence-electron chi connectivity index (χ4n) is 3.31. The van der Waals surface area contributed by atoms with Gasteiger partial charge in [0.2, 0.25) is 11.8 Å². The van der Waals surface area contributed by atoms with Crippen LogP contribution in [-0.4, -0.2) is 26.6 Å². The predicted molar refractivity (Wildman–Crippen MR) is 84.7 cm³/mol. The van der Waals surface area contributed by atoms with Crippen molar-refractivity contribution in [3.63, 3.8) is 0 Å². The summed E-state index contributed by atoms with van der Waals surface area (Å²) >= 11 is 1.78. The Bertz CT molecular complexity index is 634. The van der Waals surface area contributed by atoms with Gasteiger partial charge in [0.1, 0.15) is 5.01 Å². The Morgan fingerprint density at radius 3 is 2.77 bits per heavy atom. The molecule has 1 saturated heterocycles. The van der Waals surface area contributed by atoms with Crippen LogP contribution in [0.15, 0.2) is 10.6 Å². The lowest BCUT2D eigenvalue weighted by atomic mass is 9.85. The Morgan fingerprint density at radius 1 is 1.18 bits per heavy atom. The molecule has 2 aromatic rings. The topological polar surface area (TPSA) is 55.1 Å². The number of nitrogens with zero attached hydrogens (tertiary/aromatic N) is 4. The number of aromatic nitrogens is 3. The lowest BCUT2D eigenvalue weighted by molar-refractivity contribution is 0.115. The summed E-state index contributed by atoms with van der Waals surface area (Å²) in [6, 6.07) is 0.263. The molecule has 1 saturated carbocycles. The van der Waals surface area contributed by atoms with Crippen LogP contribution in [0.3, 0.4) is 0 Å². The molecular weight excluding hydrogens is 296 g/mol. The Hall–Kier alpha value is -1.27. The van der Waals surface area contributed by atoms with Gasteiger partial charge in [-0.15, -0.1) is 21.5 Å².